The highest BCUT2D eigenvalue weighted by Crippen LogP contribution is 2.15. The molecule has 0 aliphatic heterocycles. The summed E-state index contributed by atoms with van der Waals surface area (Å²) in [4.78, 5) is 0. The molecule has 0 saturated heterocycles. The van der Waals surface area contributed by atoms with Crippen LogP contribution >= 0.6 is 0 Å². The third-order valence-electron chi connectivity index (χ3n) is 2.62. The average Bonchev–Trinajstić information content (AvgIpc) is 2.90. The number of nitrogens with one attached hydrogen (secondary N) is 1. The van der Waals surface area contributed by atoms with Gasteiger partial charge in [0.05, 0.1) is 12.0 Å². The van der Waals surface area contributed by atoms with E-state index in [-0.39, 0.29) is 0 Å². The molecule has 17 heavy (non-hydrogen) atoms. The van der Waals surface area contributed by atoms with Crippen molar-refractivity contribution in [1.82, 2.24) is 0 Å². The zero-order chi connectivity index (χ0) is 12.1. The Balaban J connectivity index is 2.14. The molecule has 1 aromatic heterocycles. The van der Waals surface area contributed by atoms with Crippen molar-refractivity contribution in [3.05, 3.63) is 54.0 Å². The lowest BCUT2D eigenvalue weighted by atomic mass is 10.1. The smallest absolute Gasteiger partial charge is 0.149 e. The minimum absolute atomic E-state index is 0.784. The van der Waals surface area contributed by atoms with Gasteiger partial charge >= 0.3 is 0 Å². The maximum absolute atomic E-state index is 5.27. The number of hydrogen-bond donors (Lipinski definition) is 1. The molecule has 0 spiro atoms. The van der Waals surface area contributed by atoms with Gasteiger partial charge in [-0.1, -0.05) is 25.1 Å². The standard InChI is InChI=1S/C14H16N2O/c1-3-12-7-4-5-8-13(12)16-15-11(2)14-9-6-10-17-14/h4-10,16H,3H2,1-2H3. The Bertz CT molecular complexity index is 501. The van der Waals surface area contributed by atoms with E-state index in [9.17, 15) is 0 Å². The van der Waals surface area contributed by atoms with Crippen LogP contribution in [0.2, 0.25) is 0 Å². The van der Waals surface area contributed by atoms with Crippen LogP contribution in [-0.2, 0) is 6.42 Å². The zero-order valence-corrected chi connectivity index (χ0v) is 10.1. The fraction of sp³-hybridized carbons (Fsp3) is 0.214. The van der Waals surface area contributed by atoms with E-state index in [1.807, 2.05) is 37.3 Å². The molecule has 0 bridgehead atoms. The number of hydrogen-bond acceptors (Lipinski definition) is 3. The predicted octanol–water partition coefficient (Wildman–Crippen LogP) is 3.68. The first kappa shape index (κ1) is 11.5. The normalized spacial score (nSPS) is 11.5. The third-order valence-corrected chi connectivity index (χ3v) is 2.62. The Morgan fingerprint density at radius 3 is 2.76 bits per heavy atom. The first-order valence-electron chi connectivity index (χ1n) is 5.73. The summed E-state index contributed by atoms with van der Waals surface area (Å²) in [5, 5.41) is 4.32. The number of para-hydroxylation sites is 1. The second kappa shape index (κ2) is 5.34. The fourth-order valence-corrected chi connectivity index (χ4v) is 1.62. The van der Waals surface area contributed by atoms with Crippen molar-refractivity contribution in [2.45, 2.75) is 20.3 Å². The van der Waals surface area contributed by atoms with Crippen molar-refractivity contribution < 1.29 is 4.42 Å². The van der Waals surface area contributed by atoms with Crippen LogP contribution in [0, 0.1) is 0 Å². The second-order valence-corrected chi connectivity index (χ2v) is 3.80. The largest absolute Gasteiger partial charge is 0.463 e. The lowest BCUT2D eigenvalue weighted by molar-refractivity contribution is 0.557. The first-order valence-corrected chi connectivity index (χ1v) is 5.73. The van der Waals surface area contributed by atoms with Crippen LogP contribution in [0.4, 0.5) is 5.69 Å². The average molecular weight is 228 g/mol. The van der Waals surface area contributed by atoms with Gasteiger partial charge in [0.1, 0.15) is 11.5 Å². The summed E-state index contributed by atoms with van der Waals surface area (Å²) in [6.45, 7) is 4.05. The Labute approximate surface area is 101 Å². The highest BCUT2D eigenvalue weighted by atomic mass is 16.3. The monoisotopic (exact) mass is 228 g/mol. The van der Waals surface area contributed by atoms with E-state index in [4.69, 9.17) is 4.42 Å². The number of hydrazone groups is 1. The maximum Gasteiger partial charge on any atom is 0.149 e. The van der Waals surface area contributed by atoms with Gasteiger partial charge in [-0.15, -0.1) is 0 Å². The van der Waals surface area contributed by atoms with Gasteiger partial charge in [0.15, 0.2) is 0 Å². The minimum Gasteiger partial charge on any atom is -0.463 e. The molecule has 3 heteroatoms. The van der Waals surface area contributed by atoms with E-state index in [0.29, 0.717) is 0 Å². The summed E-state index contributed by atoms with van der Waals surface area (Å²) in [7, 11) is 0. The van der Waals surface area contributed by atoms with E-state index in [0.717, 1.165) is 23.6 Å². The van der Waals surface area contributed by atoms with Gasteiger partial charge < -0.3 is 4.42 Å². The van der Waals surface area contributed by atoms with Crippen molar-refractivity contribution in [3.8, 4) is 0 Å². The molecular formula is C14H16N2O. The van der Waals surface area contributed by atoms with Crippen LogP contribution in [0.25, 0.3) is 0 Å². The van der Waals surface area contributed by atoms with Gasteiger partial charge in [-0.3, -0.25) is 5.43 Å². The Morgan fingerprint density at radius 2 is 2.06 bits per heavy atom. The molecule has 3 nitrogen and oxygen atoms in total. The fourth-order valence-electron chi connectivity index (χ4n) is 1.62. The lowest BCUT2D eigenvalue weighted by Gasteiger charge is -2.06. The van der Waals surface area contributed by atoms with Crippen molar-refractivity contribution in [1.29, 1.82) is 0 Å². The third kappa shape index (κ3) is 2.75. The van der Waals surface area contributed by atoms with Crippen LogP contribution in [-0.4, -0.2) is 5.71 Å². The van der Waals surface area contributed by atoms with E-state index in [1.165, 1.54) is 5.56 Å². The number of anilines is 1. The molecule has 0 aliphatic rings. The summed E-state index contributed by atoms with van der Waals surface area (Å²) in [5.41, 5.74) is 6.21. The van der Waals surface area contributed by atoms with Crippen LogP contribution in [0.15, 0.2) is 52.2 Å². The van der Waals surface area contributed by atoms with Crippen LogP contribution in [0.1, 0.15) is 25.2 Å². The maximum atomic E-state index is 5.27. The number of furan rings is 1. The Morgan fingerprint density at radius 1 is 1.24 bits per heavy atom. The Hall–Kier alpha value is -2.03. The summed E-state index contributed by atoms with van der Waals surface area (Å²) >= 11 is 0. The van der Waals surface area contributed by atoms with Gasteiger partial charge in [-0.05, 0) is 37.1 Å². The summed E-state index contributed by atoms with van der Waals surface area (Å²) in [5.74, 6) is 0.784. The summed E-state index contributed by atoms with van der Waals surface area (Å²) in [6.07, 6.45) is 2.63. The molecule has 0 saturated carbocycles. The molecular weight excluding hydrogens is 212 g/mol. The van der Waals surface area contributed by atoms with E-state index >= 15 is 0 Å². The van der Waals surface area contributed by atoms with Gasteiger partial charge in [0, 0.05) is 0 Å². The van der Waals surface area contributed by atoms with E-state index < -0.39 is 0 Å². The number of benzene rings is 1. The SMILES string of the molecule is CCc1ccccc1NN=C(C)c1ccco1. The van der Waals surface area contributed by atoms with Gasteiger partial charge in [-0.25, -0.2) is 0 Å². The summed E-state index contributed by atoms with van der Waals surface area (Å²) in [6, 6.07) is 11.9. The Kier molecular flexibility index (Phi) is 3.60. The lowest BCUT2D eigenvalue weighted by Crippen LogP contribution is -2.00. The molecule has 0 aliphatic carbocycles. The van der Waals surface area contributed by atoms with Crippen molar-refractivity contribution in [3.63, 3.8) is 0 Å². The van der Waals surface area contributed by atoms with Crippen LogP contribution < -0.4 is 5.43 Å². The quantitative estimate of drug-likeness (QED) is 0.640. The molecule has 1 aromatic carbocycles. The molecule has 0 fully saturated rings. The molecule has 2 rings (SSSR count). The summed E-state index contributed by atoms with van der Waals surface area (Å²) < 4.78 is 5.27. The van der Waals surface area contributed by atoms with Gasteiger partial charge in [-0.2, -0.15) is 5.10 Å². The molecule has 0 radical (unpaired) electrons. The van der Waals surface area contributed by atoms with Crippen LogP contribution in [0.3, 0.4) is 0 Å². The molecule has 2 aromatic rings. The van der Waals surface area contributed by atoms with Crippen molar-refractivity contribution in [2.24, 2.45) is 5.10 Å². The van der Waals surface area contributed by atoms with Gasteiger partial charge in [0.2, 0.25) is 0 Å². The number of rotatable bonds is 4. The zero-order valence-electron chi connectivity index (χ0n) is 10.1. The molecule has 88 valence electrons. The first-order chi connectivity index (χ1) is 8.31. The van der Waals surface area contributed by atoms with E-state index in [1.54, 1.807) is 6.26 Å². The van der Waals surface area contributed by atoms with Crippen molar-refractivity contribution >= 4 is 11.4 Å². The van der Waals surface area contributed by atoms with Crippen LogP contribution in [0.5, 0.6) is 0 Å². The molecule has 1 N–H and O–H groups in total. The highest BCUT2D eigenvalue weighted by molar-refractivity contribution is 5.96. The predicted molar refractivity (Wildman–Crippen MR) is 70.4 cm³/mol. The van der Waals surface area contributed by atoms with Crippen molar-refractivity contribution in [2.75, 3.05) is 5.43 Å². The van der Waals surface area contributed by atoms with E-state index in [2.05, 4.69) is 23.5 Å². The molecule has 0 amide bonds. The minimum atomic E-state index is 0.784. The van der Waals surface area contributed by atoms with Gasteiger partial charge in [0.25, 0.3) is 0 Å². The molecule has 0 atom stereocenters. The number of aryl methyl sites for hydroxylation is 1. The molecule has 1 heterocycles. The number of nitrogens with zero attached hydrogens (tertiary/aromatic N) is 1. The highest BCUT2D eigenvalue weighted by Gasteiger charge is 2.01. The topological polar surface area (TPSA) is 37.5 Å². The second-order valence-electron chi connectivity index (χ2n) is 3.80. The molecule has 0 unspecified atom stereocenters.